The summed E-state index contributed by atoms with van der Waals surface area (Å²) in [6.07, 6.45) is 2.12. The number of rotatable bonds is 4. The first-order valence-corrected chi connectivity index (χ1v) is 5.02. The summed E-state index contributed by atoms with van der Waals surface area (Å²) in [6.45, 7) is 8.48. The first-order chi connectivity index (χ1) is 6.45. The van der Waals surface area contributed by atoms with Gasteiger partial charge in [-0.25, -0.2) is 4.79 Å². The van der Waals surface area contributed by atoms with Gasteiger partial charge in [-0.3, -0.25) is 9.51 Å². The van der Waals surface area contributed by atoms with Crippen LogP contribution in [0.25, 0.3) is 0 Å². The molecule has 80 valence electrons. The van der Waals surface area contributed by atoms with E-state index in [4.69, 9.17) is 0 Å². The monoisotopic (exact) mass is 198 g/mol. The summed E-state index contributed by atoms with van der Waals surface area (Å²) in [7, 11) is 0. The average molecular weight is 198 g/mol. The van der Waals surface area contributed by atoms with Crippen LogP contribution in [0.15, 0.2) is 9.32 Å². The zero-order chi connectivity index (χ0) is 10.8. The van der Waals surface area contributed by atoms with E-state index in [0.29, 0.717) is 11.7 Å². The highest BCUT2D eigenvalue weighted by atomic mass is 16.5. The maximum absolute atomic E-state index is 10.8. The number of hydrogen-bond acceptors (Lipinski definition) is 3. The van der Waals surface area contributed by atoms with Crippen LogP contribution in [-0.4, -0.2) is 10.1 Å². The lowest BCUT2D eigenvalue weighted by molar-refractivity contribution is 0.328. The molecule has 1 aromatic rings. The summed E-state index contributed by atoms with van der Waals surface area (Å²) in [4.78, 5) is 13.4. The Morgan fingerprint density at radius 3 is 2.64 bits per heavy atom. The van der Waals surface area contributed by atoms with Gasteiger partial charge in [-0.15, -0.1) is 0 Å². The van der Waals surface area contributed by atoms with E-state index in [-0.39, 0.29) is 5.41 Å². The van der Waals surface area contributed by atoms with Crippen molar-refractivity contribution >= 4 is 0 Å². The van der Waals surface area contributed by atoms with E-state index in [1.165, 1.54) is 0 Å². The van der Waals surface area contributed by atoms with Crippen molar-refractivity contribution in [2.75, 3.05) is 0 Å². The Kier molecular flexibility index (Phi) is 3.13. The Balaban J connectivity index is 2.79. The molecule has 4 nitrogen and oxygen atoms in total. The zero-order valence-corrected chi connectivity index (χ0v) is 9.26. The number of hydrogen-bond donors (Lipinski definition) is 1. The minimum absolute atomic E-state index is 0.123. The van der Waals surface area contributed by atoms with Crippen LogP contribution < -0.4 is 5.76 Å². The van der Waals surface area contributed by atoms with Crippen molar-refractivity contribution in [1.29, 1.82) is 0 Å². The van der Waals surface area contributed by atoms with Crippen molar-refractivity contribution in [3.8, 4) is 0 Å². The number of aromatic nitrogens is 2. The number of aromatic amines is 1. The summed E-state index contributed by atoms with van der Waals surface area (Å²) in [5, 5.41) is 3.73. The van der Waals surface area contributed by atoms with Gasteiger partial charge >= 0.3 is 5.76 Å². The van der Waals surface area contributed by atoms with Crippen LogP contribution >= 0.6 is 0 Å². The minimum Gasteiger partial charge on any atom is -0.296 e. The Morgan fingerprint density at radius 2 is 2.21 bits per heavy atom. The standard InChI is InChI=1S/C10H18N2O2/c1-5-7(2)6-10(3,4)8-11-9(13)14-12-8/h7H,5-6H2,1-4H3,(H,11,12,13). The number of nitrogens with one attached hydrogen (secondary N) is 1. The Labute approximate surface area is 83.7 Å². The third kappa shape index (κ3) is 2.47. The molecular formula is C10H18N2O2. The van der Waals surface area contributed by atoms with Crippen LogP contribution in [0.2, 0.25) is 0 Å². The highest BCUT2D eigenvalue weighted by Crippen LogP contribution is 2.28. The molecule has 0 amide bonds. The van der Waals surface area contributed by atoms with E-state index in [9.17, 15) is 4.79 Å². The summed E-state index contributed by atoms with van der Waals surface area (Å²) >= 11 is 0. The molecule has 1 atom stereocenters. The van der Waals surface area contributed by atoms with Gasteiger partial charge in [0.15, 0.2) is 5.82 Å². The van der Waals surface area contributed by atoms with Gasteiger partial charge in [0.1, 0.15) is 0 Å². The van der Waals surface area contributed by atoms with Crippen LogP contribution in [0.3, 0.4) is 0 Å². The first kappa shape index (κ1) is 11.0. The topological polar surface area (TPSA) is 58.9 Å². The lowest BCUT2D eigenvalue weighted by Gasteiger charge is -2.24. The molecule has 0 aliphatic rings. The van der Waals surface area contributed by atoms with E-state index in [1.807, 2.05) is 0 Å². The van der Waals surface area contributed by atoms with Crippen molar-refractivity contribution < 1.29 is 4.52 Å². The van der Waals surface area contributed by atoms with Crippen molar-refractivity contribution in [2.45, 2.75) is 46.0 Å². The molecule has 1 aromatic heterocycles. The lowest BCUT2D eigenvalue weighted by atomic mass is 9.82. The Bertz CT molecular complexity index is 338. The van der Waals surface area contributed by atoms with E-state index in [2.05, 4.69) is 42.4 Å². The fourth-order valence-corrected chi connectivity index (χ4v) is 1.63. The van der Waals surface area contributed by atoms with Crippen LogP contribution in [0.4, 0.5) is 0 Å². The van der Waals surface area contributed by atoms with Gasteiger partial charge in [0.2, 0.25) is 0 Å². The molecule has 1 rings (SSSR count). The molecular weight excluding hydrogens is 180 g/mol. The molecule has 0 bridgehead atoms. The van der Waals surface area contributed by atoms with Gasteiger partial charge in [0.25, 0.3) is 0 Å². The second-order valence-electron chi connectivity index (χ2n) is 4.55. The SMILES string of the molecule is CCC(C)CC(C)(C)c1noc(=O)[nH]1. The van der Waals surface area contributed by atoms with E-state index < -0.39 is 5.76 Å². The van der Waals surface area contributed by atoms with Crippen molar-refractivity contribution in [3.63, 3.8) is 0 Å². The van der Waals surface area contributed by atoms with Crippen LogP contribution in [0, 0.1) is 5.92 Å². The zero-order valence-electron chi connectivity index (χ0n) is 9.26. The second kappa shape index (κ2) is 3.98. The highest BCUT2D eigenvalue weighted by Gasteiger charge is 2.26. The average Bonchev–Trinajstić information content (AvgIpc) is 2.51. The predicted octanol–water partition coefficient (Wildman–Crippen LogP) is 2.08. The molecule has 14 heavy (non-hydrogen) atoms. The van der Waals surface area contributed by atoms with E-state index >= 15 is 0 Å². The smallest absolute Gasteiger partial charge is 0.296 e. The molecule has 0 spiro atoms. The summed E-state index contributed by atoms with van der Waals surface area (Å²) in [6, 6.07) is 0. The molecule has 1 N–H and O–H groups in total. The molecule has 0 radical (unpaired) electrons. The molecule has 0 aromatic carbocycles. The summed E-state index contributed by atoms with van der Waals surface area (Å²) < 4.78 is 4.50. The third-order valence-corrected chi connectivity index (χ3v) is 2.64. The number of H-pyrrole nitrogens is 1. The fraction of sp³-hybridized carbons (Fsp3) is 0.800. The molecule has 0 aliphatic carbocycles. The minimum atomic E-state index is -0.475. The second-order valence-corrected chi connectivity index (χ2v) is 4.55. The predicted molar refractivity (Wildman–Crippen MR) is 54.2 cm³/mol. The molecule has 0 saturated heterocycles. The quantitative estimate of drug-likeness (QED) is 0.805. The highest BCUT2D eigenvalue weighted by molar-refractivity contribution is 5.00. The van der Waals surface area contributed by atoms with Crippen LogP contribution in [0.5, 0.6) is 0 Å². The normalized spacial score (nSPS) is 14.3. The van der Waals surface area contributed by atoms with E-state index in [1.54, 1.807) is 0 Å². The van der Waals surface area contributed by atoms with Crippen molar-refractivity contribution in [2.24, 2.45) is 5.92 Å². The van der Waals surface area contributed by atoms with Gasteiger partial charge < -0.3 is 0 Å². The van der Waals surface area contributed by atoms with Gasteiger partial charge in [0.05, 0.1) is 0 Å². The van der Waals surface area contributed by atoms with Gasteiger partial charge in [-0.2, -0.15) is 0 Å². The molecule has 1 unspecified atom stereocenters. The van der Waals surface area contributed by atoms with Crippen LogP contribution in [-0.2, 0) is 5.41 Å². The van der Waals surface area contributed by atoms with Crippen molar-refractivity contribution in [1.82, 2.24) is 10.1 Å². The van der Waals surface area contributed by atoms with Crippen LogP contribution in [0.1, 0.15) is 46.4 Å². The fourth-order valence-electron chi connectivity index (χ4n) is 1.63. The molecule has 4 heteroatoms. The molecule has 0 fully saturated rings. The summed E-state index contributed by atoms with van der Waals surface area (Å²) in [5.74, 6) is 0.783. The Morgan fingerprint density at radius 1 is 1.57 bits per heavy atom. The maximum Gasteiger partial charge on any atom is 0.438 e. The van der Waals surface area contributed by atoms with E-state index in [0.717, 1.165) is 12.8 Å². The number of nitrogens with zero attached hydrogens (tertiary/aromatic N) is 1. The maximum atomic E-state index is 10.8. The lowest BCUT2D eigenvalue weighted by Crippen LogP contribution is -2.22. The van der Waals surface area contributed by atoms with Gasteiger partial charge in [0, 0.05) is 5.41 Å². The molecule has 0 aliphatic heterocycles. The van der Waals surface area contributed by atoms with Gasteiger partial charge in [-0.1, -0.05) is 39.3 Å². The summed E-state index contributed by atoms with van der Waals surface area (Å²) in [5.41, 5.74) is -0.123. The van der Waals surface area contributed by atoms with Gasteiger partial charge in [-0.05, 0) is 12.3 Å². The Hall–Kier alpha value is -1.06. The molecule has 1 heterocycles. The first-order valence-electron chi connectivity index (χ1n) is 5.02. The largest absolute Gasteiger partial charge is 0.438 e. The molecule has 0 saturated carbocycles. The third-order valence-electron chi connectivity index (χ3n) is 2.64. The van der Waals surface area contributed by atoms with Crippen molar-refractivity contribution in [3.05, 3.63) is 16.4 Å².